The third-order valence-electron chi connectivity index (χ3n) is 3.27. The van der Waals surface area contributed by atoms with Crippen LogP contribution >= 0.6 is 11.6 Å². The molecule has 1 aliphatic rings. The number of aromatic nitrogens is 3. The predicted molar refractivity (Wildman–Crippen MR) is 66.1 cm³/mol. The summed E-state index contributed by atoms with van der Waals surface area (Å²) in [7, 11) is 0. The fourth-order valence-corrected chi connectivity index (χ4v) is 2.47. The van der Waals surface area contributed by atoms with Crippen molar-refractivity contribution in [2.24, 2.45) is 5.92 Å². The fourth-order valence-electron chi connectivity index (χ4n) is 2.32. The van der Waals surface area contributed by atoms with Gasteiger partial charge in [0.15, 0.2) is 10.8 Å². The number of ether oxygens (including phenoxy) is 1. The summed E-state index contributed by atoms with van der Waals surface area (Å²) >= 11 is 5.82. The first-order valence-corrected chi connectivity index (χ1v) is 6.26. The van der Waals surface area contributed by atoms with E-state index in [1.807, 2.05) is 12.1 Å². The van der Waals surface area contributed by atoms with Crippen molar-refractivity contribution in [3.05, 3.63) is 23.5 Å². The van der Waals surface area contributed by atoms with Crippen molar-refractivity contribution < 1.29 is 4.74 Å². The van der Waals surface area contributed by atoms with Gasteiger partial charge in [-0.1, -0.05) is 11.6 Å². The van der Waals surface area contributed by atoms with Crippen molar-refractivity contribution in [1.82, 2.24) is 14.8 Å². The quantitative estimate of drug-likeness (QED) is 0.823. The van der Waals surface area contributed by atoms with E-state index in [1.165, 1.54) is 0 Å². The fraction of sp³-hybridized carbons (Fsp3) is 0.500. The van der Waals surface area contributed by atoms with Gasteiger partial charge in [-0.3, -0.25) is 0 Å². The Labute approximate surface area is 105 Å². The second kappa shape index (κ2) is 4.63. The Morgan fingerprint density at radius 3 is 3.00 bits per heavy atom. The van der Waals surface area contributed by atoms with Crippen LogP contribution in [0.1, 0.15) is 12.8 Å². The van der Waals surface area contributed by atoms with Gasteiger partial charge in [-0.05, 0) is 30.9 Å². The molecule has 0 amide bonds. The molecule has 0 radical (unpaired) electrons. The average molecular weight is 252 g/mol. The minimum Gasteiger partial charge on any atom is -0.381 e. The number of nitrogens with zero attached hydrogens (tertiary/aromatic N) is 3. The number of halogens is 1. The summed E-state index contributed by atoms with van der Waals surface area (Å²) in [5.41, 5.74) is 0.917. The van der Waals surface area contributed by atoms with Gasteiger partial charge in [0.1, 0.15) is 0 Å². The van der Waals surface area contributed by atoms with E-state index >= 15 is 0 Å². The van der Waals surface area contributed by atoms with E-state index in [9.17, 15) is 0 Å². The maximum atomic E-state index is 5.82. The molecule has 0 N–H and O–H groups in total. The van der Waals surface area contributed by atoms with Crippen LogP contribution in [-0.4, -0.2) is 28.0 Å². The molecule has 90 valence electrons. The molecule has 3 rings (SSSR count). The van der Waals surface area contributed by atoms with E-state index in [2.05, 4.69) is 21.0 Å². The van der Waals surface area contributed by atoms with Gasteiger partial charge in [0.05, 0.1) is 0 Å². The maximum absolute atomic E-state index is 5.82. The number of hydrogen-bond acceptors (Lipinski definition) is 3. The third kappa shape index (κ3) is 2.28. The molecule has 0 bridgehead atoms. The monoisotopic (exact) mass is 251 g/mol. The first-order chi connectivity index (χ1) is 8.33. The highest BCUT2D eigenvalue weighted by molar-refractivity contribution is 6.29. The van der Waals surface area contributed by atoms with Crippen LogP contribution in [0.5, 0.6) is 0 Å². The molecular weight excluding hydrogens is 238 g/mol. The van der Waals surface area contributed by atoms with Crippen LogP contribution in [0.3, 0.4) is 0 Å². The molecule has 2 aromatic heterocycles. The van der Waals surface area contributed by atoms with Gasteiger partial charge < -0.3 is 9.30 Å². The van der Waals surface area contributed by atoms with E-state index in [-0.39, 0.29) is 0 Å². The van der Waals surface area contributed by atoms with Crippen molar-refractivity contribution in [2.75, 3.05) is 13.2 Å². The number of hydrogen-bond donors (Lipinski definition) is 0. The first kappa shape index (κ1) is 11.0. The Hall–Kier alpha value is -1.13. The second-order valence-corrected chi connectivity index (χ2v) is 4.86. The molecule has 4 nitrogen and oxygen atoms in total. The summed E-state index contributed by atoms with van der Waals surface area (Å²) in [5, 5.41) is 9.56. The van der Waals surface area contributed by atoms with E-state index in [1.54, 1.807) is 0 Å². The predicted octanol–water partition coefficient (Wildman–Crippen LogP) is 2.51. The van der Waals surface area contributed by atoms with Crippen molar-refractivity contribution in [3.63, 3.8) is 0 Å². The minimum atomic E-state index is 0.446. The minimum absolute atomic E-state index is 0.446. The zero-order valence-electron chi connectivity index (χ0n) is 9.47. The molecule has 0 saturated carbocycles. The zero-order chi connectivity index (χ0) is 11.7. The summed E-state index contributed by atoms with van der Waals surface area (Å²) in [6, 6.07) is 3.89. The lowest BCUT2D eigenvalue weighted by atomic mass is 10.0. The zero-order valence-corrected chi connectivity index (χ0v) is 10.2. The van der Waals surface area contributed by atoms with Gasteiger partial charge in [0.25, 0.3) is 0 Å². The number of fused-ring (bicyclic) bond motifs is 1. The molecule has 1 aliphatic heterocycles. The average Bonchev–Trinajstić information content (AvgIpc) is 2.73. The Morgan fingerprint density at radius 2 is 2.18 bits per heavy atom. The third-order valence-corrected chi connectivity index (χ3v) is 3.46. The van der Waals surface area contributed by atoms with Crippen molar-refractivity contribution >= 4 is 22.6 Å². The molecule has 1 fully saturated rings. The van der Waals surface area contributed by atoms with Crippen LogP contribution in [-0.2, 0) is 11.3 Å². The molecule has 0 aromatic carbocycles. The van der Waals surface area contributed by atoms with E-state index in [0.717, 1.165) is 43.6 Å². The van der Waals surface area contributed by atoms with Crippen LogP contribution in [0.4, 0.5) is 0 Å². The molecule has 0 aliphatic carbocycles. The Kier molecular flexibility index (Phi) is 2.99. The van der Waals surface area contributed by atoms with Crippen LogP contribution in [0, 0.1) is 5.92 Å². The molecule has 0 spiro atoms. The molecule has 2 aromatic rings. The highest BCUT2D eigenvalue weighted by atomic mass is 35.5. The topological polar surface area (TPSA) is 39.9 Å². The summed E-state index contributed by atoms with van der Waals surface area (Å²) < 4.78 is 7.53. The Balaban J connectivity index is 1.84. The lowest BCUT2D eigenvalue weighted by molar-refractivity contribution is 0.0616. The van der Waals surface area contributed by atoms with Crippen LogP contribution in [0.2, 0.25) is 5.15 Å². The summed E-state index contributed by atoms with van der Waals surface area (Å²) in [6.07, 6.45) is 4.31. The number of rotatable bonds is 2. The van der Waals surface area contributed by atoms with Crippen LogP contribution in [0.25, 0.3) is 11.0 Å². The van der Waals surface area contributed by atoms with E-state index in [4.69, 9.17) is 16.3 Å². The molecule has 0 unspecified atom stereocenters. The SMILES string of the molecule is Clc1cc2ccn(CC3CCOCC3)c2nn1. The van der Waals surface area contributed by atoms with E-state index in [0.29, 0.717) is 11.1 Å². The van der Waals surface area contributed by atoms with Crippen molar-refractivity contribution in [2.45, 2.75) is 19.4 Å². The molecular formula is C12H14ClN3O. The molecule has 1 saturated heterocycles. The van der Waals surface area contributed by atoms with Crippen molar-refractivity contribution in [1.29, 1.82) is 0 Å². The Bertz CT molecular complexity index is 519. The second-order valence-electron chi connectivity index (χ2n) is 4.47. The largest absolute Gasteiger partial charge is 0.381 e. The first-order valence-electron chi connectivity index (χ1n) is 5.89. The smallest absolute Gasteiger partial charge is 0.162 e. The molecule has 5 heteroatoms. The van der Waals surface area contributed by atoms with Gasteiger partial charge in [-0.25, -0.2) is 0 Å². The summed E-state index contributed by atoms with van der Waals surface area (Å²) in [4.78, 5) is 0. The molecule has 17 heavy (non-hydrogen) atoms. The van der Waals surface area contributed by atoms with Crippen molar-refractivity contribution in [3.8, 4) is 0 Å². The van der Waals surface area contributed by atoms with Gasteiger partial charge in [0, 0.05) is 31.3 Å². The van der Waals surface area contributed by atoms with Gasteiger partial charge in [0.2, 0.25) is 0 Å². The van der Waals surface area contributed by atoms with Gasteiger partial charge in [-0.2, -0.15) is 0 Å². The van der Waals surface area contributed by atoms with Crippen LogP contribution in [0.15, 0.2) is 18.3 Å². The van der Waals surface area contributed by atoms with Gasteiger partial charge in [-0.15, -0.1) is 10.2 Å². The molecule has 0 atom stereocenters. The summed E-state index contributed by atoms with van der Waals surface area (Å²) in [6.45, 7) is 2.74. The standard InChI is InChI=1S/C12H14ClN3O/c13-11-7-10-1-4-16(12(10)15-14-11)8-9-2-5-17-6-3-9/h1,4,7,9H,2-3,5-6,8H2. The lowest BCUT2D eigenvalue weighted by Crippen LogP contribution is -2.20. The highest BCUT2D eigenvalue weighted by Crippen LogP contribution is 2.21. The normalized spacial score (nSPS) is 17.7. The molecule has 3 heterocycles. The lowest BCUT2D eigenvalue weighted by Gasteiger charge is -2.22. The summed E-state index contributed by atoms with van der Waals surface area (Å²) in [5.74, 6) is 0.678. The Morgan fingerprint density at radius 1 is 1.35 bits per heavy atom. The maximum Gasteiger partial charge on any atom is 0.162 e. The highest BCUT2D eigenvalue weighted by Gasteiger charge is 2.15. The van der Waals surface area contributed by atoms with Gasteiger partial charge >= 0.3 is 0 Å². The van der Waals surface area contributed by atoms with E-state index < -0.39 is 0 Å². The van der Waals surface area contributed by atoms with Crippen LogP contribution < -0.4 is 0 Å².